The van der Waals surface area contributed by atoms with Gasteiger partial charge in [0, 0.05) is 19.2 Å². The summed E-state index contributed by atoms with van der Waals surface area (Å²) in [5.41, 5.74) is 1.50. The molecular formula is C15H19N3O. The van der Waals surface area contributed by atoms with Gasteiger partial charge in [-0.1, -0.05) is 18.2 Å². The van der Waals surface area contributed by atoms with E-state index in [0.29, 0.717) is 13.0 Å². The van der Waals surface area contributed by atoms with Crippen molar-refractivity contribution in [1.82, 2.24) is 15.1 Å². The molecule has 100 valence electrons. The van der Waals surface area contributed by atoms with Crippen LogP contribution in [-0.4, -0.2) is 33.6 Å². The molecule has 3 rings (SSSR count). The number of piperidine rings is 1. The molecule has 1 atom stereocenters. The first-order valence-electron chi connectivity index (χ1n) is 6.77. The van der Waals surface area contributed by atoms with Crippen LogP contribution in [0, 0.1) is 0 Å². The quantitative estimate of drug-likeness (QED) is 0.876. The van der Waals surface area contributed by atoms with Crippen LogP contribution in [0.1, 0.15) is 18.4 Å². The average Bonchev–Trinajstić information content (AvgIpc) is 2.88. The first kappa shape index (κ1) is 12.4. The van der Waals surface area contributed by atoms with Crippen LogP contribution in [0.5, 0.6) is 0 Å². The second-order valence-corrected chi connectivity index (χ2v) is 5.31. The van der Waals surface area contributed by atoms with Gasteiger partial charge in [0.2, 0.25) is 0 Å². The maximum atomic E-state index is 10.5. The number of nitrogens with one attached hydrogen (secondary N) is 1. The SMILES string of the molecule is OC1(Cc2cnn(-c3ccccc3)c2)CCCNC1. The molecule has 19 heavy (non-hydrogen) atoms. The second-order valence-electron chi connectivity index (χ2n) is 5.31. The highest BCUT2D eigenvalue weighted by atomic mass is 16.3. The molecule has 0 radical (unpaired) electrons. The summed E-state index contributed by atoms with van der Waals surface area (Å²) in [6.07, 6.45) is 6.40. The van der Waals surface area contributed by atoms with E-state index in [0.717, 1.165) is 30.6 Å². The largest absolute Gasteiger partial charge is 0.388 e. The summed E-state index contributed by atoms with van der Waals surface area (Å²) in [7, 11) is 0. The smallest absolute Gasteiger partial charge is 0.0813 e. The zero-order chi connectivity index (χ0) is 13.1. The molecule has 1 aliphatic heterocycles. The van der Waals surface area contributed by atoms with E-state index in [9.17, 15) is 5.11 Å². The lowest BCUT2D eigenvalue weighted by molar-refractivity contribution is 0.0169. The van der Waals surface area contributed by atoms with E-state index in [-0.39, 0.29) is 0 Å². The second kappa shape index (κ2) is 5.15. The molecular weight excluding hydrogens is 238 g/mol. The number of para-hydroxylation sites is 1. The van der Waals surface area contributed by atoms with Crippen LogP contribution in [0.2, 0.25) is 0 Å². The molecule has 1 unspecified atom stereocenters. The molecule has 0 amide bonds. The van der Waals surface area contributed by atoms with Crippen molar-refractivity contribution in [2.24, 2.45) is 0 Å². The highest BCUT2D eigenvalue weighted by Crippen LogP contribution is 2.21. The first-order valence-corrected chi connectivity index (χ1v) is 6.77. The van der Waals surface area contributed by atoms with Gasteiger partial charge < -0.3 is 10.4 Å². The third-order valence-corrected chi connectivity index (χ3v) is 3.64. The zero-order valence-electron chi connectivity index (χ0n) is 10.9. The fraction of sp³-hybridized carbons (Fsp3) is 0.400. The van der Waals surface area contributed by atoms with Gasteiger partial charge in [0.1, 0.15) is 0 Å². The van der Waals surface area contributed by atoms with Crippen LogP contribution >= 0.6 is 0 Å². The summed E-state index contributed by atoms with van der Waals surface area (Å²) in [5.74, 6) is 0. The van der Waals surface area contributed by atoms with E-state index in [1.165, 1.54) is 0 Å². The molecule has 1 aliphatic rings. The van der Waals surface area contributed by atoms with Gasteiger partial charge in [0.25, 0.3) is 0 Å². The summed E-state index contributed by atoms with van der Waals surface area (Å²) >= 11 is 0. The van der Waals surface area contributed by atoms with E-state index in [1.807, 2.05) is 47.4 Å². The Morgan fingerprint density at radius 2 is 2.16 bits per heavy atom. The third kappa shape index (κ3) is 2.85. The lowest BCUT2D eigenvalue weighted by atomic mass is 9.88. The molecule has 2 aromatic rings. The Morgan fingerprint density at radius 1 is 1.32 bits per heavy atom. The van der Waals surface area contributed by atoms with E-state index in [2.05, 4.69) is 10.4 Å². The number of benzene rings is 1. The van der Waals surface area contributed by atoms with Gasteiger partial charge in [-0.25, -0.2) is 4.68 Å². The molecule has 1 fully saturated rings. The predicted octanol–water partition coefficient (Wildman–Crippen LogP) is 1.53. The normalized spacial score (nSPS) is 23.4. The van der Waals surface area contributed by atoms with Gasteiger partial charge in [-0.2, -0.15) is 5.10 Å². The number of rotatable bonds is 3. The van der Waals surface area contributed by atoms with Crippen molar-refractivity contribution in [3.8, 4) is 5.69 Å². The van der Waals surface area contributed by atoms with Gasteiger partial charge in [0.15, 0.2) is 0 Å². The van der Waals surface area contributed by atoms with E-state index >= 15 is 0 Å². The average molecular weight is 257 g/mol. The maximum absolute atomic E-state index is 10.5. The van der Waals surface area contributed by atoms with E-state index < -0.39 is 5.60 Å². The van der Waals surface area contributed by atoms with Gasteiger partial charge in [-0.15, -0.1) is 0 Å². The molecule has 0 aliphatic carbocycles. The van der Waals surface area contributed by atoms with Crippen molar-refractivity contribution < 1.29 is 5.11 Å². The Morgan fingerprint density at radius 3 is 2.89 bits per heavy atom. The summed E-state index contributed by atoms with van der Waals surface area (Å²) in [4.78, 5) is 0. The van der Waals surface area contributed by atoms with Crippen molar-refractivity contribution in [2.75, 3.05) is 13.1 Å². The molecule has 0 spiro atoms. The molecule has 4 nitrogen and oxygen atoms in total. The molecule has 1 aromatic carbocycles. The fourth-order valence-corrected chi connectivity index (χ4v) is 2.66. The molecule has 0 bridgehead atoms. The van der Waals surface area contributed by atoms with Crippen LogP contribution in [0.4, 0.5) is 0 Å². The summed E-state index contributed by atoms with van der Waals surface area (Å²) < 4.78 is 1.86. The number of nitrogens with zero attached hydrogens (tertiary/aromatic N) is 2. The number of aliphatic hydroxyl groups is 1. The Balaban J connectivity index is 1.75. The topological polar surface area (TPSA) is 50.1 Å². The lowest BCUT2D eigenvalue weighted by Crippen LogP contribution is -2.47. The Bertz CT molecular complexity index is 529. The lowest BCUT2D eigenvalue weighted by Gasteiger charge is -2.32. The Kier molecular flexibility index (Phi) is 3.36. The summed E-state index contributed by atoms with van der Waals surface area (Å²) in [6, 6.07) is 10.0. The fourth-order valence-electron chi connectivity index (χ4n) is 2.66. The van der Waals surface area contributed by atoms with Crippen molar-refractivity contribution >= 4 is 0 Å². The van der Waals surface area contributed by atoms with Crippen LogP contribution in [0.15, 0.2) is 42.7 Å². The van der Waals surface area contributed by atoms with Crippen LogP contribution in [-0.2, 0) is 6.42 Å². The molecule has 2 N–H and O–H groups in total. The minimum Gasteiger partial charge on any atom is -0.388 e. The van der Waals surface area contributed by atoms with Crippen LogP contribution < -0.4 is 5.32 Å². The molecule has 2 heterocycles. The standard InChI is InChI=1S/C15H19N3O/c19-15(7-4-8-16-12-15)9-13-10-17-18(11-13)14-5-2-1-3-6-14/h1-3,5-6,10-11,16,19H,4,7-9,12H2. The number of β-amino-alcohol motifs (C(OH)–C–C–N with tert-alkyl or cyclic N) is 1. The molecule has 1 aromatic heterocycles. The minimum absolute atomic E-state index is 0.622. The predicted molar refractivity (Wildman–Crippen MR) is 74.3 cm³/mol. The molecule has 1 saturated heterocycles. The van der Waals surface area contributed by atoms with Gasteiger partial charge >= 0.3 is 0 Å². The highest BCUT2D eigenvalue weighted by molar-refractivity contribution is 5.31. The highest BCUT2D eigenvalue weighted by Gasteiger charge is 2.29. The van der Waals surface area contributed by atoms with Crippen molar-refractivity contribution in [1.29, 1.82) is 0 Å². The third-order valence-electron chi connectivity index (χ3n) is 3.64. The number of aromatic nitrogens is 2. The first-order chi connectivity index (χ1) is 9.25. The van der Waals surface area contributed by atoms with Crippen molar-refractivity contribution in [2.45, 2.75) is 24.9 Å². The Labute approximate surface area is 113 Å². The van der Waals surface area contributed by atoms with E-state index in [1.54, 1.807) is 0 Å². The van der Waals surface area contributed by atoms with Gasteiger partial charge in [-0.3, -0.25) is 0 Å². The maximum Gasteiger partial charge on any atom is 0.0813 e. The van der Waals surface area contributed by atoms with Crippen molar-refractivity contribution in [3.05, 3.63) is 48.3 Å². The Hall–Kier alpha value is -1.65. The van der Waals surface area contributed by atoms with Gasteiger partial charge in [-0.05, 0) is 37.1 Å². The monoisotopic (exact) mass is 257 g/mol. The zero-order valence-corrected chi connectivity index (χ0v) is 10.9. The van der Waals surface area contributed by atoms with E-state index in [4.69, 9.17) is 0 Å². The van der Waals surface area contributed by atoms with Crippen LogP contribution in [0.25, 0.3) is 5.69 Å². The minimum atomic E-state index is -0.622. The van der Waals surface area contributed by atoms with Crippen LogP contribution in [0.3, 0.4) is 0 Å². The number of hydrogen-bond donors (Lipinski definition) is 2. The number of hydrogen-bond acceptors (Lipinski definition) is 3. The molecule has 0 saturated carbocycles. The van der Waals surface area contributed by atoms with Crippen molar-refractivity contribution in [3.63, 3.8) is 0 Å². The summed E-state index contributed by atoms with van der Waals surface area (Å²) in [5, 5.41) is 18.1. The summed E-state index contributed by atoms with van der Waals surface area (Å²) in [6.45, 7) is 1.68. The molecule has 4 heteroatoms. The van der Waals surface area contributed by atoms with Gasteiger partial charge in [0.05, 0.1) is 17.5 Å².